The highest BCUT2D eigenvalue weighted by molar-refractivity contribution is 7.99. The van der Waals surface area contributed by atoms with Crippen molar-refractivity contribution in [1.29, 1.82) is 0 Å². The Labute approximate surface area is 162 Å². The van der Waals surface area contributed by atoms with Gasteiger partial charge in [-0.3, -0.25) is 4.79 Å². The smallest absolute Gasteiger partial charge is 0.262 e. The molecule has 0 bridgehead atoms. The van der Waals surface area contributed by atoms with E-state index in [9.17, 15) is 4.79 Å². The molecule has 0 saturated heterocycles. The van der Waals surface area contributed by atoms with Crippen molar-refractivity contribution in [3.05, 3.63) is 59.8 Å². The highest BCUT2D eigenvalue weighted by Crippen LogP contribution is 2.32. The lowest BCUT2D eigenvalue weighted by atomic mass is 10.1. The first kappa shape index (κ1) is 17.7. The van der Waals surface area contributed by atoms with Gasteiger partial charge in [0.15, 0.2) is 11.8 Å². The molecule has 1 amide bonds. The topological polar surface area (TPSA) is 56.1 Å². The molecule has 1 aliphatic heterocycles. The van der Waals surface area contributed by atoms with Crippen LogP contribution in [0, 0.1) is 13.8 Å². The highest BCUT2D eigenvalue weighted by atomic mass is 32.2. The summed E-state index contributed by atoms with van der Waals surface area (Å²) in [5.41, 5.74) is 4.66. The molecule has 0 fully saturated rings. The van der Waals surface area contributed by atoms with Crippen LogP contribution in [0.1, 0.15) is 11.1 Å². The van der Waals surface area contributed by atoms with E-state index in [1.54, 1.807) is 11.8 Å². The van der Waals surface area contributed by atoms with Crippen molar-refractivity contribution in [3.8, 4) is 17.0 Å². The number of anilines is 1. The number of hydrogen-bond donors (Lipinski definition) is 1. The number of amides is 1. The third-order valence-corrected chi connectivity index (χ3v) is 5.45. The quantitative estimate of drug-likeness (QED) is 0.718. The van der Waals surface area contributed by atoms with Crippen LogP contribution in [0.25, 0.3) is 11.3 Å². The molecule has 0 atom stereocenters. The Hall–Kier alpha value is -2.73. The minimum absolute atomic E-state index is 0.0336. The number of hydrogen-bond acceptors (Lipinski definition) is 4. The van der Waals surface area contributed by atoms with Crippen molar-refractivity contribution >= 4 is 23.4 Å². The second-order valence-corrected chi connectivity index (χ2v) is 7.66. The van der Waals surface area contributed by atoms with Gasteiger partial charge in [-0.2, -0.15) is 0 Å². The lowest BCUT2D eigenvalue weighted by molar-refractivity contribution is -0.118. The van der Waals surface area contributed by atoms with Crippen LogP contribution in [0.15, 0.2) is 53.8 Å². The molecule has 2 heterocycles. The molecule has 2 aromatic carbocycles. The Bertz CT molecular complexity index is 975. The standard InChI is InChI=1S/C21H21N3O2S/c1-14-7-8-15(2)19(11-14)26-13-20(25)22-17-6-4-3-5-16(17)18-12-24-9-10-27-21(24)23-18/h3-8,11-12H,9-10,13H2,1-2H3,(H,22,25). The van der Waals surface area contributed by atoms with Gasteiger partial charge >= 0.3 is 0 Å². The van der Waals surface area contributed by atoms with Crippen LogP contribution in [0.2, 0.25) is 0 Å². The SMILES string of the molecule is Cc1ccc(C)c(OCC(=O)Nc2ccccc2-c2cn3c(n2)SCC3)c1. The van der Waals surface area contributed by atoms with E-state index in [0.717, 1.165) is 51.3 Å². The summed E-state index contributed by atoms with van der Waals surface area (Å²) in [5, 5.41) is 3.99. The number of thioether (sulfide) groups is 1. The number of imidazole rings is 1. The maximum Gasteiger partial charge on any atom is 0.262 e. The molecule has 6 heteroatoms. The minimum atomic E-state index is -0.190. The van der Waals surface area contributed by atoms with E-state index in [1.807, 2.05) is 62.5 Å². The molecule has 4 rings (SSSR count). The number of aromatic nitrogens is 2. The highest BCUT2D eigenvalue weighted by Gasteiger charge is 2.17. The Morgan fingerprint density at radius 3 is 2.96 bits per heavy atom. The van der Waals surface area contributed by atoms with Gasteiger partial charge < -0.3 is 14.6 Å². The number of fused-ring (bicyclic) bond motifs is 1. The number of nitrogens with one attached hydrogen (secondary N) is 1. The molecular formula is C21H21N3O2S. The summed E-state index contributed by atoms with van der Waals surface area (Å²) >= 11 is 1.76. The predicted molar refractivity (Wildman–Crippen MR) is 108 cm³/mol. The predicted octanol–water partition coefficient (Wildman–Crippen LogP) is 4.29. The largest absolute Gasteiger partial charge is 0.483 e. The molecule has 3 aromatic rings. The third-order valence-electron chi connectivity index (χ3n) is 4.48. The lowest BCUT2D eigenvalue weighted by Crippen LogP contribution is -2.20. The van der Waals surface area contributed by atoms with Crippen LogP contribution in [-0.4, -0.2) is 27.8 Å². The van der Waals surface area contributed by atoms with Crippen LogP contribution >= 0.6 is 11.8 Å². The Morgan fingerprint density at radius 1 is 1.26 bits per heavy atom. The van der Waals surface area contributed by atoms with E-state index >= 15 is 0 Å². The first-order valence-electron chi connectivity index (χ1n) is 8.89. The van der Waals surface area contributed by atoms with Crippen LogP contribution in [-0.2, 0) is 11.3 Å². The number of carbonyl (C=O) groups excluding carboxylic acids is 1. The molecule has 1 N–H and O–H groups in total. The second-order valence-electron chi connectivity index (χ2n) is 6.60. The van der Waals surface area contributed by atoms with Crippen molar-refractivity contribution in [2.45, 2.75) is 25.5 Å². The minimum Gasteiger partial charge on any atom is -0.483 e. The zero-order valence-electron chi connectivity index (χ0n) is 15.4. The average Bonchev–Trinajstić information content (AvgIpc) is 3.25. The number of carbonyl (C=O) groups is 1. The third kappa shape index (κ3) is 3.85. The number of ether oxygens (including phenoxy) is 1. The normalized spacial score (nSPS) is 12.7. The summed E-state index contributed by atoms with van der Waals surface area (Å²) in [7, 11) is 0. The van der Waals surface area contributed by atoms with Crippen LogP contribution < -0.4 is 10.1 Å². The fourth-order valence-corrected chi connectivity index (χ4v) is 3.99. The van der Waals surface area contributed by atoms with E-state index in [1.165, 1.54) is 0 Å². The fourth-order valence-electron chi connectivity index (χ4n) is 3.05. The van der Waals surface area contributed by atoms with Crippen molar-refractivity contribution in [1.82, 2.24) is 9.55 Å². The van der Waals surface area contributed by atoms with Gasteiger partial charge in [-0.15, -0.1) is 0 Å². The maximum absolute atomic E-state index is 12.4. The summed E-state index contributed by atoms with van der Waals surface area (Å²) in [5.74, 6) is 1.61. The van der Waals surface area contributed by atoms with E-state index < -0.39 is 0 Å². The number of nitrogens with zero attached hydrogens (tertiary/aromatic N) is 2. The Kier molecular flexibility index (Phi) is 4.90. The van der Waals surface area contributed by atoms with Gasteiger partial charge in [0.1, 0.15) is 5.75 Å². The summed E-state index contributed by atoms with van der Waals surface area (Å²) in [6.07, 6.45) is 2.05. The number of para-hydroxylation sites is 1. The molecule has 0 spiro atoms. The van der Waals surface area contributed by atoms with Gasteiger partial charge in [0.25, 0.3) is 5.91 Å². The van der Waals surface area contributed by atoms with Crippen LogP contribution in [0.5, 0.6) is 5.75 Å². The molecule has 0 aliphatic carbocycles. The summed E-state index contributed by atoms with van der Waals surface area (Å²) in [6.45, 7) is 4.92. The van der Waals surface area contributed by atoms with E-state index in [-0.39, 0.29) is 12.5 Å². The average molecular weight is 379 g/mol. The van der Waals surface area contributed by atoms with E-state index in [4.69, 9.17) is 4.74 Å². The summed E-state index contributed by atoms with van der Waals surface area (Å²) in [4.78, 5) is 17.1. The Morgan fingerprint density at radius 2 is 2.11 bits per heavy atom. The van der Waals surface area contributed by atoms with E-state index in [2.05, 4.69) is 14.9 Å². The molecule has 1 aromatic heterocycles. The monoisotopic (exact) mass is 379 g/mol. The van der Waals surface area contributed by atoms with Crippen molar-refractivity contribution in [3.63, 3.8) is 0 Å². The van der Waals surface area contributed by atoms with Gasteiger partial charge in [-0.25, -0.2) is 4.98 Å². The van der Waals surface area contributed by atoms with Gasteiger partial charge in [-0.1, -0.05) is 42.1 Å². The van der Waals surface area contributed by atoms with Gasteiger partial charge in [-0.05, 0) is 37.1 Å². The second kappa shape index (κ2) is 7.48. The molecule has 5 nitrogen and oxygen atoms in total. The van der Waals surface area contributed by atoms with Crippen LogP contribution in [0.4, 0.5) is 5.69 Å². The van der Waals surface area contributed by atoms with Gasteiger partial charge in [0.2, 0.25) is 0 Å². The number of aryl methyl sites for hydroxylation is 3. The first-order chi connectivity index (χ1) is 13.1. The Balaban J connectivity index is 1.47. The lowest BCUT2D eigenvalue weighted by Gasteiger charge is -2.12. The van der Waals surface area contributed by atoms with Crippen molar-refractivity contribution in [2.24, 2.45) is 0 Å². The number of benzene rings is 2. The number of rotatable bonds is 5. The van der Waals surface area contributed by atoms with E-state index in [0.29, 0.717) is 0 Å². The maximum atomic E-state index is 12.4. The zero-order valence-corrected chi connectivity index (χ0v) is 16.2. The molecule has 0 saturated carbocycles. The van der Waals surface area contributed by atoms with Crippen molar-refractivity contribution < 1.29 is 9.53 Å². The van der Waals surface area contributed by atoms with Crippen molar-refractivity contribution in [2.75, 3.05) is 17.7 Å². The van der Waals surface area contributed by atoms with Crippen LogP contribution in [0.3, 0.4) is 0 Å². The molecule has 27 heavy (non-hydrogen) atoms. The first-order valence-corrected chi connectivity index (χ1v) is 9.88. The molecule has 0 radical (unpaired) electrons. The molecule has 138 valence electrons. The summed E-state index contributed by atoms with van der Waals surface area (Å²) in [6, 6.07) is 13.7. The molecule has 1 aliphatic rings. The van der Waals surface area contributed by atoms with Gasteiger partial charge in [0, 0.05) is 24.1 Å². The van der Waals surface area contributed by atoms with Gasteiger partial charge in [0.05, 0.1) is 11.4 Å². The molecular weight excluding hydrogens is 358 g/mol. The summed E-state index contributed by atoms with van der Waals surface area (Å²) < 4.78 is 7.87. The molecule has 0 unspecified atom stereocenters. The zero-order chi connectivity index (χ0) is 18.8. The fraction of sp³-hybridized carbons (Fsp3) is 0.238.